The Bertz CT molecular complexity index is 863. The van der Waals surface area contributed by atoms with Gasteiger partial charge in [-0.1, -0.05) is 6.07 Å². The van der Waals surface area contributed by atoms with Gasteiger partial charge in [0.2, 0.25) is 5.91 Å². The summed E-state index contributed by atoms with van der Waals surface area (Å²) in [4.78, 5) is 41.1. The van der Waals surface area contributed by atoms with Crippen molar-refractivity contribution in [3.63, 3.8) is 0 Å². The molecule has 6 nitrogen and oxygen atoms in total. The topological polar surface area (TPSA) is 66.9 Å². The quantitative estimate of drug-likeness (QED) is 0.636. The van der Waals surface area contributed by atoms with Gasteiger partial charge in [-0.05, 0) is 51.8 Å². The van der Waals surface area contributed by atoms with E-state index in [1.807, 2.05) is 0 Å². The molecule has 1 unspecified atom stereocenters. The summed E-state index contributed by atoms with van der Waals surface area (Å²) in [7, 11) is 0. The summed E-state index contributed by atoms with van der Waals surface area (Å²) in [5.41, 5.74) is -2.73. The molecule has 0 aromatic heterocycles. The van der Waals surface area contributed by atoms with Crippen LogP contribution in [0.1, 0.15) is 45.6 Å². The number of rotatable bonds is 1. The van der Waals surface area contributed by atoms with E-state index < -0.39 is 34.8 Å². The van der Waals surface area contributed by atoms with Crippen molar-refractivity contribution in [2.75, 3.05) is 24.5 Å². The van der Waals surface area contributed by atoms with E-state index in [9.17, 15) is 27.6 Å². The molecule has 1 aromatic rings. The van der Waals surface area contributed by atoms with Crippen molar-refractivity contribution >= 4 is 23.5 Å². The number of likely N-dealkylation sites (tertiary alicyclic amines) is 1. The standard InChI is InChI=1S/C21H25F3N2O4/c1-19(2,3)30-18(29)25-10-7-16(27)20(8-11-25)9-12-26(17(20)28)15-6-4-5-14(13-15)21(22,23)24/h4-6,13H,7-12H2,1-3H3. The van der Waals surface area contributed by atoms with E-state index in [2.05, 4.69) is 0 Å². The van der Waals surface area contributed by atoms with Gasteiger partial charge in [-0.2, -0.15) is 13.2 Å². The predicted molar refractivity (Wildman–Crippen MR) is 103 cm³/mol. The second-order valence-corrected chi connectivity index (χ2v) is 8.73. The maximum absolute atomic E-state index is 13.2. The van der Waals surface area contributed by atoms with Gasteiger partial charge in [0.15, 0.2) is 0 Å². The average molecular weight is 426 g/mol. The van der Waals surface area contributed by atoms with Crippen molar-refractivity contribution < 1.29 is 32.3 Å². The summed E-state index contributed by atoms with van der Waals surface area (Å²) >= 11 is 0. The minimum absolute atomic E-state index is 0.00140. The average Bonchev–Trinajstić information content (AvgIpc) is 2.86. The lowest BCUT2D eigenvalue weighted by Crippen LogP contribution is -2.41. The van der Waals surface area contributed by atoms with Crippen LogP contribution >= 0.6 is 0 Å². The van der Waals surface area contributed by atoms with Crippen LogP contribution in [0.25, 0.3) is 0 Å². The van der Waals surface area contributed by atoms with Crippen molar-refractivity contribution in [3.8, 4) is 0 Å². The number of carbonyl (C=O) groups excluding carboxylic acids is 3. The van der Waals surface area contributed by atoms with Crippen LogP contribution in [-0.4, -0.2) is 47.9 Å². The van der Waals surface area contributed by atoms with Crippen LogP contribution in [0.15, 0.2) is 24.3 Å². The van der Waals surface area contributed by atoms with Gasteiger partial charge in [-0.3, -0.25) is 9.59 Å². The summed E-state index contributed by atoms with van der Waals surface area (Å²) < 4.78 is 44.5. The highest BCUT2D eigenvalue weighted by Gasteiger charge is 2.53. The number of hydrogen-bond acceptors (Lipinski definition) is 4. The summed E-state index contributed by atoms with van der Waals surface area (Å²) in [5, 5.41) is 0. The second kappa shape index (κ2) is 7.59. The normalized spacial score (nSPS) is 23.1. The maximum atomic E-state index is 13.2. The molecular weight excluding hydrogens is 401 g/mol. The van der Waals surface area contributed by atoms with E-state index in [-0.39, 0.29) is 50.4 Å². The van der Waals surface area contributed by atoms with Crippen LogP contribution in [0, 0.1) is 5.41 Å². The zero-order chi connectivity index (χ0) is 22.3. The lowest BCUT2D eigenvalue weighted by molar-refractivity contribution is -0.139. The lowest BCUT2D eigenvalue weighted by Gasteiger charge is -2.27. The minimum atomic E-state index is -4.53. The Labute approximate surface area is 173 Å². The van der Waals surface area contributed by atoms with Gasteiger partial charge in [0.1, 0.15) is 16.8 Å². The fourth-order valence-corrected chi connectivity index (χ4v) is 3.92. The fraction of sp³-hybridized carbons (Fsp3) is 0.571. The highest BCUT2D eigenvalue weighted by molar-refractivity contribution is 6.14. The molecule has 0 saturated carbocycles. The largest absolute Gasteiger partial charge is 0.444 e. The Morgan fingerprint density at radius 1 is 1.07 bits per heavy atom. The maximum Gasteiger partial charge on any atom is 0.416 e. The number of halogens is 3. The summed E-state index contributed by atoms with van der Waals surface area (Å²) in [6, 6.07) is 4.54. The number of ketones is 1. The van der Waals surface area contributed by atoms with Gasteiger partial charge >= 0.3 is 12.3 Å². The number of Topliss-reactive ketones (excluding diaryl/α,β-unsaturated/α-hetero) is 1. The molecule has 0 aliphatic carbocycles. The molecule has 2 fully saturated rings. The van der Waals surface area contributed by atoms with Crippen LogP contribution < -0.4 is 4.90 Å². The first-order valence-corrected chi connectivity index (χ1v) is 9.84. The molecule has 3 rings (SSSR count). The molecule has 0 radical (unpaired) electrons. The molecule has 164 valence electrons. The molecule has 1 aromatic carbocycles. The lowest BCUT2D eigenvalue weighted by atomic mass is 9.78. The number of hydrogen-bond donors (Lipinski definition) is 0. The van der Waals surface area contributed by atoms with Gasteiger partial charge in [0.05, 0.1) is 5.56 Å². The predicted octanol–water partition coefficient (Wildman–Crippen LogP) is 4.03. The third kappa shape index (κ3) is 4.29. The Morgan fingerprint density at radius 3 is 2.37 bits per heavy atom. The Morgan fingerprint density at radius 2 is 1.73 bits per heavy atom. The minimum Gasteiger partial charge on any atom is -0.444 e. The van der Waals surface area contributed by atoms with Crippen molar-refractivity contribution in [1.29, 1.82) is 0 Å². The van der Waals surface area contributed by atoms with Crippen molar-refractivity contribution in [3.05, 3.63) is 29.8 Å². The Kier molecular flexibility index (Phi) is 5.60. The Balaban J connectivity index is 1.80. The van der Waals surface area contributed by atoms with Crippen molar-refractivity contribution in [1.82, 2.24) is 4.90 Å². The molecule has 2 aliphatic rings. The van der Waals surface area contributed by atoms with Gasteiger partial charge in [-0.15, -0.1) is 0 Å². The van der Waals surface area contributed by atoms with Gasteiger partial charge in [0, 0.05) is 31.7 Å². The molecule has 2 aliphatic heterocycles. The van der Waals surface area contributed by atoms with E-state index in [1.165, 1.54) is 21.9 Å². The van der Waals surface area contributed by atoms with Gasteiger partial charge in [0.25, 0.3) is 0 Å². The third-order valence-electron chi connectivity index (χ3n) is 5.50. The van der Waals surface area contributed by atoms with Crippen LogP contribution in [0.3, 0.4) is 0 Å². The smallest absolute Gasteiger partial charge is 0.416 e. The highest BCUT2D eigenvalue weighted by Crippen LogP contribution is 2.42. The molecule has 30 heavy (non-hydrogen) atoms. The molecule has 2 amide bonds. The first-order valence-electron chi connectivity index (χ1n) is 9.84. The van der Waals surface area contributed by atoms with E-state index >= 15 is 0 Å². The van der Waals surface area contributed by atoms with Crippen LogP contribution in [0.5, 0.6) is 0 Å². The number of ether oxygens (including phenoxy) is 1. The van der Waals surface area contributed by atoms with Crippen LogP contribution in [0.4, 0.5) is 23.7 Å². The SMILES string of the molecule is CC(C)(C)OC(=O)N1CCC(=O)C2(CC1)CCN(c1cccc(C(F)(F)F)c1)C2=O. The number of benzene rings is 1. The van der Waals surface area contributed by atoms with Crippen molar-refractivity contribution in [2.24, 2.45) is 5.41 Å². The molecule has 0 N–H and O–H groups in total. The van der Waals surface area contributed by atoms with E-state index in [0.717, 1.165) is 12.1 Å². The molecule has 9 heteroatoms. The molecular formula is C21H25F3N2O4. The first kappa shape index (κ1) is 22.1. The Hall–Kier alpha value is -2.58. The van der Waals surface area contributed by atoms with E-state index in [1.54, 1.807) is 20.8 Å². The number of carbonyl (C=O) groups is 3. The zero-order valence-corrected chi connectivity index (χ0v) is 17.2. The van der Waals surface area contributed by atoms with Crippen molar-refractivity contribution in [2.45, 2.75) is 51.8 Å². The number of nitrogens with zero attached hydrogens (tertiary/aromatic N) is 2. The summed E-state index contributed by atoms with van der Waals surface area (Å²) in [5.74, 6) is -0.786. The molecule has 0 bridgehead atoms. The fourth-order valence-electron chi connectivity index (χ4n) is 3.92. The zero-order valence-electron chi connectivity index (χ0n) is 17.2. The highest BCUT2D eigenvalue weighted by atomic mass is 19.4. The summed E-state index contributed by atoms with van der Waals surface area (Å²) in [6.07, 6.45) is -4.74. The van der Waals surface area contributed by atoms with Gasteiger partial charge in [-0.25, -0.2) is 4.79 Å². The molecule has 2 saturated heterocycles. The first-order chi connectivity index (χ1) is 13.8. The number of anilines is 1. The number of alkyl halides is 3. The monoisotopic (exact) mass is 426 g/mol. The molecule has 1 spiro atoms. The van der Waals surface area contributed by atoms with Crippen LogP contribution in [-0.2, 0) is 20.5 Å². The summed E-state index contributed by atoms with van der Waals surface area (Å²) in [6.45, 7) is 5.68. The third-order valence-corrected chi connectivity index (χ3v) is 5.50. The van der Waals surface area contributed by atoms with E-state index in [4.69, 9.17) is 4.74 Å². The van der Waals surface area contributed by atoms with Crippen LogP contribution in [0.2, 0.25) is 0 Å². The van der Waals surface area contributed by atoms with Gasteiger partial charge < -0.3 is 14.5 Å². The van der Waals surface area contributed by atoms with E-state index in [0.29, 0.717) is 0 Å². The molecule has 2 heterocycles. The molecule has 1 atom stereocenters. The number of amides is 2. The second-order valence-electron chi connectivity index (χ2n) is 8.73.